The van der Waals surface area contributed by atoms with E-state index in [0.717, 1.165) is 17.7 Å². The molecule has 1 unspecified atom stereocenters. The van der Waals surface area contributed by atoms with Gasteiger partial charge >= 0.3 is 13.9 Å². The summed E-state index contributed by atoms with van der Waals surface area (Å²) in [5.74, 6) is -0.610. The SMILES string of the molecule is CCCCCCCCCCc1ccc(NC(=O)C(COP(=O)(OC(C)(C)C)OC(C)(C)C)N(C(=O)O)C(C)(C)C)cc1. The lowest BCUT2D eigenvalue weighted by Crippen LogP contribution is -2.57. The van der Waals surface area contributed by atoms with Crippen LogP contribution in [0.2, 0.25) is 0 Å². The van der Waals surface area contributed by atoms with Crippen LogP contribution in [0.15, 0.2) is 24.3 Å². The van der Waals surface area contributed by atoms with Crippen LogP contribution in [0.5, 0.6) is 0 Å². The number of phosphoric ester groups is 1. The molecule has 0 saturated carbocycles. The minimum absolute atomic E-state index is 0.531. The zero-order valence-electron chi connectivity index (χ0n) is 27.7. The fourth-order valence-corrected chi connectivity index (χ4v) is 6.31. The van der Waals surface area contributed by atoms with Gasteiger partial charge in [-0.25, -0.2) is 9.36 Å². The van der Waals surface area contributed by atoms with Gasteiger partial charge in [0.1, 0.15) is 6.04 Å². The second-order valence-electron chi connectivity index (χ2n) is 13.9. The van der Waals surface area contributed by atoms with Gasteiger partial charge in [-0.15, -0.1) is 0 Å². The van der Waals surface area contributed by atoms with E-state index in [4.69, 9.17) is 13.6 Å². The number of carboxylic acid groups (broad SMARTS) is 1. The number of hydrogen-bond donors (Lipinski definition) is 2. The highest BCUT2D eigenvalue weighted by Gasteiger charge is 2.42. The molecular formula is C32H57N2O7P. The molecule has 242 valence electrons. The number of nitrogens with one attached hydrogen (secondary N) is 1. The first-order valence-corrected chi connectivity index (χ1v) is 16.8. The smallest absolute Gasteiger partial charge is 0.465 e. The van der Waals surface area contributed by atoms with Crippen molar-refractivity contribution < 1.29 is 32.8 Å². The summed E-state index contributed by atoms with van der Waals surface area (Å²) in [6, 6.07) is 6.25. The molecule has 0 heterocycles. The molecule has 0 aromatic heterocycles. The van der Waals surface area contributed by atoms with Crippen molar-refractivity contribution in [2.24, 2.45) is 0 Å². The predicted molar refractivity (Wildman–Crippen MR) is 170 cm³/mol. The van der Waals surface area contributed by atoms with Crippen molar-refractivity contribution in [2.75, 3.05) is 11.9 Å². The predicted octanol–water partition coefficient (Wildman–Crippen LogP) is 9.21. The topological polar surface area (TPSA) is 114 Å². The van der Waals surface area contributed by atoms with Gasteiger partial charge in [-0.1, -0.05) is 64.0 Å². The highest BCUT2D eigenvalue weighted by Crippen LogP contribution is 2.55. The number of benzene rings is 1. The van der Waals surface area contributed by atoms with Crippen LogP contribution < -0.4 is 5.32 Å². The lowest BCUT2D eigenvalue weighted by atomic mass is 10.0. The van der Waals surface area contributed by atoms with Crippen molar-refractivity contribution in [3.63, 3.8) is 0 Å². The zero-order valence-corrected chi connectivity index (χ0v) is 28.6. The normalized spacial score (nSPS) is 13.6. The molecule has 0 aliphatic heterocycles. The summed E-state index contributed by atoms with van der Waals surface area (Å²) < 4.78 is 30.7. The second-order valence-corrected chi connectivity index (χ2v) is 15.4. The number of phosphoric acid groups is 1. The third-order valence-corrected chi connectivity index (χ3v) is 8.25. The monoisotopic (exact) mass is 612 g/mol. The Kier molecular flexibility index (Phi) is 15.2. The molecule has 42 heavy (non-hydrogen) atoms. The fourth-order valence-electron chi connectivity index (χ4n) is 4.50. The van der Waals surface area contributed by atoms with Crippen LogP contribution in [0.1, 0.15) is 126 Å². The van der Waals surface area contributed by atoms with E-state index in [1.165, 1.54) is 50.5 Å². The summed E-state index contributed by atoms with van der Waals surface area (Å²) in [6.07, 6.45) is 9.74. The number of amides is 2. The Morgan fingerprint density at radius 2 is 1.31 bits per heavy atom. The molecule has 1 aromatic carbocycles. The molecule has 1 atom stereocenters. The molecule has 0 bridgehead atoms. The Hall–Kier alpha value is -1.93. The van der Waals surface area contributed by atoms with Crippen molar-refractivity contribution in [1.82, 2.24) is 4.90 Å². The van der Waals surface area contributed by atoms with Crippen LogP contribution in [0.25, 0.3) is 0 Å². The molecule has 0 aliphatic rings. The number of unbranched alkanes of at least 4 members (excludes halogenated alkanes) is 7. The minimum Gasteiger partial charge on any atom is -0.465 e. The summed E-state index contributed by atoms with van der Waals surface area (Å²) in [5.41, 5.74) is -1.02. The van der Waals surface area contributed by atoms with Crippen LogP contribution in [-0.4, -0.2) is 51.4 Å². The number of carbonyl (C=O) groups excluding carboxylic acids is 1. The highest BCUT2D eigenvalue weighted by molar-refractivity contribution is 7.48. The molecule has 0 radical (unpaired) electrons. The van der Waals surface area contributed by atoms with Crippen molar-refractivity contribution >= 4 is 25.5 Å². The van der Waals surface area contributed by atoms with Crippen LogP contribution >= 0.6 is 7.82 Å². The average Bonchev–Trinajstić information content (AvgIpc) is 2.80. The molecule has 0 spiro atoms. The van der Waals surface area contributed by atoms with Crippen LogP contribution in [0.3, 0.4) is 0 Å². The van der Waals surface area contributed by atoms with Gasteiger partial charge in [-0.2, -0.15) is 0 Å². The summed E-state index contributed by atoms with van der Waals surface area (Å²) in [7, 11) is -4.19. The van der Waals surface area contributed by atoms with Crippen molar-refractivity contribution in [1.29, 1.82) is 0 Å². The van der Waals surface area contributed by atoms with Gasteiger partial charge in [0.2, 0.25) is 5.91 Å². The Morgan fingerprint density at radius 1 is 0.833 bits per heavy atom. The second kappa shape index (κ2) is 16.8. The number of hydrogen-bond acceptors (Lipinski definition) is 6. The molecule has 1 rings (SSSR count). The van der Waals surface area contributed by atoms with Gasteiger partial charge in [0, 0.05) is 11.2 Å². The quantitative estimate of drug-likeness (QED) is 0.133. The lowest BCUT2D eigenvalue weighted by Gasteiger charge is -2.39. The van der Waals surface area contributed by atoms with Gasteiger partial charge < -0.3 is 10.4 Å². The highest BCUT2D eigenvalue weighted by atomic mass is 31.2. The maximum absolute atomic E-state index is 13.6. The van der Waals surface area contributed by atoms with Gasteiger partial charge in [-0.3, -0.25) is 23.3 Å². The summed E-state index contributed by atoms with van der Waals surface area (Å²) >= 11 is 0. The molecule has 10 heteroatoms. The van der Waals surface area contributed by atoms with Gasteiger partial charge in [0.15, 0.2) is 0 Å². The van der Waals surface area contributed by atoms with E-state index in [-0.39, 0.29) is 0 Å². The maximum atomic E-state index is 13.6. The Labute approximate surface area is 254 Å². The molecule has 1 aromatic rings. The van der Waals surface area contributed by atoms with Crippen molar-refractivity contribution in [3.8, 4) is 0 Å². The standard InChI is InChI=1S/C32H57N2O7P/c1-11-12-13-14-15-16-17-18-19-25-20-22-26(23-21-25)33-28(35)27(34(29(36)37)30(2,3)4)24-39-42(38,40-31(5,6)7)41-32(8,9)10/h20-23,27H,11-19,24H2,1-10H3,(H,33,35)(H,36,37). The van der Waals surface area contributed by atoms with Gasteiger partial charge in [-0.05, 0) is 92.9 Å². The number of carbonyl (C=O) groups is 2. The van der Waals surface area contributed by atoms with Gasteiger partial charge in [0.25, 0.3) is 0 Å². The molecular weight excluding hydrogens is 555 g/mol. The van der Waals surface area contributed by atoms with E-state index in [1.807, 2.05) is 24.3 Å². The number of anilines is 1. The van der Waals surface area contributed by atoms with E-state index in [2.05, 4.69) is 12.2 Å². The largest absolute Gasteiger partial charge is 0.475 e. The maximum Gasteiger partial charge on any atom is 0.475 e. The minimum atomic E-state index is -4.19. The first kappa shape index (κ1) is 38.1. The van der Waals surface area contributed by atoms with E-state index < -0.39 is 49.2 Å². The Balaban J connectivity index is 3.00. The number of rotatable bonds is 17. The molecule has 9 nitrogen and oxygen atoms in total. The summed E-state index contributed by atoms with van der Waals surface area (Å²) in [5, 5.41) is 12.9. The first-order chi connectivity index (χ1) is 19.3. The van der Waals surface area contributed by atoms with E-state index in [0.29, 0.717) is 5.69 Å². The molecule has 0 fully saturated rings. The average molecular weight is 613 g/mol. The van der Waals surface area contributed by atoms with Crippen LogP contribution in [-0.2, 0) is 29.4 Å². The van der Waals surface area contributed by atoms with E-state index in [1.54, 1.807) is 62.3 Å². The lowest BCUT2D eigenvalue weighted by molar-refractivity contribution is -0.124. The summed E-state index contributed by atoms with van der Waals surface area (Å²) in [6.45, 7) is 17.0. The summed E-state index contributed by atoms with van der Waals surface area (Å²) in [4.78, 5) is 26.9. The molecule has 0 saturated heterocycles. The van der Waals surface area contributed by atoms with Crippen molar-refractivity contribution in [3.05, 3.63) is 29.8 Å². The van der Waals surface area contributed by atoms with Crippen LogP contribution in [0.4, 0.5) is 10.5 Å². The molecule has 2 N–H and O–H groups in total. The van der Waals surface area contributed by atoms with Gasteiger partial charge in [0.05, 0.1) is 17.8 Å². The van der Waals surface area contributed by atoms with Crippen LogP contribution in [0, 0.1) is 0 Å². The van der Waals surface area contributed by atoms with E-state index >= 15 is 0 Å². The number of nitrogens with zero attached hydrogens (tertiary/aromatic N) is 1. The number of aryl methyl sites for hydroxylation is 1. The Bertz CT molecular complexity index is 988. The first-order valence-electron chi connectivity index (χ1n) is 15.3. The third-order valence-electron chi connectivity index (χ3n) is 6.25. The zero-order chi connectivity index (χ0) is 32.2. The fraction of sp³-hybridized carbons (Fsp3) is 0.750. The molecule has 2 amide bonds. The van der Waals surface area contributed by atoms with Crippen molar-refractivity contribution in [2.45, 2.75) is 150 Å². The Morgan fingerprint density at radius 3 is 1.74 bits per heavy atom. The van der Waals surface area contributed by atoms with E-state index in [9.17, 15) is 19.3 Å². The molecule has 0 aliphatic carbocycles. The third kappa shape index (κ3) is 15.5.